The Balaban J connectivity index is 2.69. The predicted molar refractivity (Wildman–Crippen MR) is 71.3 cm³/mol. The number of aromatic nitrogens is 2. The van der Waals surface area contributed by atoms with Crippen LogP contribution in [-0.4, -0.2) is 9.55 Å². The van der Waals surface area contributed by atoms with Crippen LogP contribution in [0.15, 0.2) is 12.1 Å². The molecule has 1 aromatic heterocycles. The third-order valence-corrected chi connectivity index (χ3v) is 3.50. The Morgan fingerprint density at radius 1 is 1.33 bits per heavy atom. The van der Waals surface area contributed by atoms with E-state index in [9.17, 15) is 8.78 Å². The fraction of sp³-hybridized carbons (Fsp3) is 0.462. The van der Waals surface area contributed by atoms with Crippen LogP contribution < -0.4 is 0 Å². The van der Waals surface area contributed by atoms with Crippen LogP contribution in [0.5, 0.6) is 0 Å². The number of hydrogen-bond donors (Lipinski definition) is 1. The lowest BCUT2D eigenvalue weighted by Crippen LogP contribution is -2.08. The zero-order valence-corrected chi connectivity index (χ0v) is 11.3. The minimum atomic E-state index is -0.596. The van der Waals surface area contributed by atoms with Gasteiger partial charge in [-0.05, 0) is 31.1 Å². The number of nitrogens with one attached hydrogen (secondary N) is 1. The van der Waals surface area contributed by atoms with Gasteiger partial charge >= 0.3 is 0 Å². The van der Waals surface area contributed by atoms with Crippen molar-refractivity contribution in [2.45, 2.75) is 39.2 Å². The van der Waals surface area contributed by atoms with Crippen molar-refractivity contribution in [2.24, 2.45) is 0 Å². The molecule has 0 aliphatic carbocycles. The Labute approximate surface area is 110 Å². The van der Waals surface area contributed by atoms with E-state index in [1.54, 1.807) is 0 Å². The standard InChI is InChI=1S/C13H16F2N2S/c1-3-5-9(4-2)17-11-7-8(14)6-10(15)12(11)16-13(17)18/h6-7,9H,3-5H2,1-2H3,(H,16,18). The fourth-order valence-corrected chi connectivity index (χ4v) is 2.71. The zero-order chi connectivity index (χ0) is 13.3. The van der Waals surface area contributed by atoms with Crippen LogP contribution in [-0.2, 0) is 0 Å². The van der Waals surface area contributed by atoms with E-state index in [0.29, 0.717) is 10.3 Å². The second-order valence-electron chi connectivity index (χ2n) is 4.43. The molecular formula is C13H16F2N2S. The van der Waals surface area contributed by atoms with E-state index < -0.39 is 11.6 Å². The summed E-state index contributed by atoms with van der Waals surface area (Å²) >= 11 is 5.23. The van der Waals surface area contributed by atoms with Crippen LogP contribution in [0.4, 0.5) is 8.78 Å². The van der Waals surface area contributed by atoms with E-state index in [2.05, 4.69) is 18.8 Å². The van der Waals surface area contributed by atoms with Crippen LogP contribution in [0, 0.1) is 16.4 Å². The number of H-pyrrole nitrogens is 1. The maximum Gasteiger partial charge on any atom is 0.178 e. The number of benzene rings is 1. The van der Waals surface area contributed by atoms with Crippen LogP contribution in [0.3, 0.4) is 0 Å². The summed E-state index contributed by atoms with van der Waals surface area (Å²) in [7, 11) is 0. The number of rotatable bonds is 4. The van der Waals surface area contributed by atoms with Gasteiger partial charge in [0.25, 0.3) is 0 Å². The van der Waals surface area contributed by atoms with E-state index in [1.165, 1.54) is 6.07 Å². The smallest absolute Gasteiger partial charge is 0.178 e. The van der Waals surface area contributed by atoms with Gasteiger partial charge in [-0.15, -0.1) is 0 Å². The number of nitrogens with zero attached hydrogens (tertiary/aromatic N) is 1. The Hall–Kier alpha value is -1.23. The summed E-state index contributed by atoms with van der Waals surface area (Å²) < 4.78 is 29.3. The summed E-state index contributed by atoms with van der Waals surface area (Å²) in [5.74, 6) is -1.17. The molecule has 0 amide bonds. The topological polar surface area (TPSA) is 20.7 Å². The first-order valence-electron chi connectivity index (χ1n) is 6.17. The molecule has 1 unspecified atom stereocenters. The van der Waals surface area contributed by atoms with Crippen molar-refractivity contribution in [1.29, 1.82) is 0 Å². The molecule has 1 aromatic carbocycles. The summed E-state index contributed by atoms with van der Waals surface area (Å²) in [4.78, 5) is 2.83. The van der Waals surface area contributed by atoms with Crippen molar-refractivity contribution in [3.63, 3.8) is 0 Å². The average Bonchev–Trinajstić information content (AvgIpc) is 2.63. The van der Waals surface area contributed by atoms with Crippen molar-refractivity contribution in [3.05, 3.63) is 28.5 Å². The van der Waals surface area contributed by atoms with Gasteiger partial charge in [-0.25, -0.2) is 8.78 Å². The Morgan fingerprint density at radius 2 is 2.06 bits per heavy atom. The summed E-state index contributed by atoms with van der Waals surface area (Å²) in [5, 5.41) is 0. The second kappa shape index (κ2) is 5.18. The maximum atomic E-state index is 13.7. The lowest BCUT2D eigenvalue weighted by Gasteiger charge is -2.16. The monoisotopic (exact) mass is 270 g/mol. The van der Waals surface area contributed by atoms with Crippen LogP contribution in [0.25, 0.3) is 11.0 Å². The number of halogens is 2. The van der Waals surface area contributed by atoms with Gasteiger partial charge in [0.2, 0.25) is 0 Å². The fourth-order valence-electron chi connectivity index (χ4n) is 2.36. The van der Waals surface area contributed by atoms with E-state index in [-0.39, 0.29) is 11.6 Å². The molecule has 1 heterocycles. The van der Waals surface area contributed by atoms with Gasteiger partial charge in [0.1, 0.15) is 11.3 Å². The molecule has 0 radical (unpaired) electrons. The molecule has 2 nitrogen and oxygen atoms in total. The summed E-state index contributed by atoms with van der Waals surface area (Å²) in [6.45, 7) is 4.14. The molecule has 1 atom stereocenters. The Kier molecular flexibility index (Phi) is 3.80. The number of hydrogen-bond acceptors (Lipinski definition) is 1. The molecule has 18 heavy (non-hydrogen) atoms. The van der Waals surface area contributed by atoms with Gasteiger partial charge in [0.15, 0.2) is 10.6 Å². The first kappa shape index (κ1) is 13.2. The zero-order valence-electron chi connectivity index (χ0n) is 10.5. The molecule has 0 aliphatic heterocycles. The van der Waals surface area contributed by atoms with Crippen molar-refractivity contribution in [2.75, 3.05) is 0 Å². The maximum absolute atomic E-state index is 13.7. The first-order chi connectivity index (χ1) is 8.58. The molecule has 0 bridgehead atoms. The minimum Gasteiger partial charge on any atom is -0.328 e. The molecule has 0 saturated carbocycles. The summed E-state index contributed by atoms with van der Waals surface area (Å²) in [5.41, 5.74) is 0.800. The lowest BCUT2D eigenvalue weighted by atomic mass is 10.1. The van der Waals surface area contributed by atoms with E-state index >= 15 is 0 Å². The number of fused-ring (bicyclic) bond motifs is 1. The third kappa shape index (κ3) is 2.19. The summed E-state index contributed by atoms with van der Waals surface area (Å²) in [6, 6.07) is 2.39. The SMILES string of the molecule is CCCC(CC)n1c(=S)[nH]c2c(F)cc(F)cc21. The molecule has 1 N–H and O–H groups in total. The lowest BCUT2D eigenvalue weighted by molar-refractivity contribution is 0.453. The van der Waals surface area contributed by atoms with Gasteiger partial charge in [0.05, 0.1) is 5.52 Å². The third-order valence-electron chi connectivity index (χ3n) is 3.20. The summed E-state index contributed by atoms with van der Waals surface area (Å²) in [6.07, 6.45) is 2.83. The van der Waals surface area contributed by atoms with Gasteiger partial charge < -0.3 is 9.55 Å². The minimum absolute atomic E-state index is 0.178. The second-order valence-corrected chi connectivity index (χ2v) is 4.82. The highest BCUT2D eigenvalue weighted by Gasteiger charge is 2.16. The van der Waals surface area contributed by atoms with Gasteiger partial charge in [-0.3, -0.25) is 0 Å². The first-order valence-corrected chi connectivity index (χ1v) is 6.58. The molecule has 5 heteroatoms. The molecule has 0 spiro atoms. The number of imidazole rings is 1. The van der Waals surface area contributed by atoms with E-state index in [4.69, 9.17) is 12.2 Å². The molecule has 0 aliphatic rings. The number of aromatic amines is 1. The average molecular weight is 270 g/mol. The van der Waals surface area contributed by atoms with Crippen LogP contribution in [0.2, 0.25) is 0 Å². The van der Waals surface area contributed by atoms with Crippen LogP contribution >= 0.6 is 12.2 Å². The Morgan fingerprint density at radius 3 is 2.67 bits per heavy atom. The molecule has 2 aromatic rings. The quantitative estimate of drug-likeness (QED) is 0.797. The largest absolute Gasteiger partial charge is 0.328 e. The molecule has 2 rings (SSSR count). The van der Waals surface area contributed by atoms with E-state index in [1.807, 2.05) is 4.57 Å². The molecule has 0 fully saturated rings. The van der Waals surface area contributed by atoms with Gasteiger partial charge in [-0.1, -0.05) is 20.3 Å². The predicted octanol–water partition coefficient (Wildman–Crippen LogP) is 4.73. The van der Waals surface area contributed by atoms with Gasteiger partial charge in [0, 0.05) is 12.1 Å². The van der Waals surface area contributed by atoms with Crippen molar-refractivity contribution < 1.29 is 8.78 Å². The highest BCUT2D eigenvalue weighted by molar-refractivity contribution is 7.71. The van der Waals surface area contributed by atoms with Crippen molar-refractivity contribution in [3.8, 4) is 0 Å². The molecular weight excluding hydrogens is 254 g/mol. The van der Waals surface area contributed by atoms with Crippen LogP contribution in [0.1, 0.15) is 39.2 Å². The van der Waals surface area contributed by atoms with Crippen molar-refractivity contribution >= 4 is 23.3 Å². The van der Waals surface area contributed by atoms with E-state index in [0.717, 1.165) is 25.3 Å². The highest BCUT2D eigenvalue weighted by Crippen LogP contribution is 2.26. The van der Waals surface area contributed by atoms with Crippen molar-refractivity contribution in [1.82, 2.24) is 9.55 Å². The van der Waals surface area contributed by atoms with Gasteiger partial charge in [-0.2, -0.15) is 0 Å². The normalized spacial score (nSPS) is 13.1. The molecule has 98 valence electrons. The highest BCUT2D eigenvalue weighted by atomic mass is 32.1. The molecule has 0 saturated heterocycles. The Bertz CT molecular complexity index is 615.